The van der Waals surface area contributed by atoms with Crippen molar-refractivity contribution in [3.8, 4) is 0 Å². The van der Waals surface area contributed by atoms with E-state index >= 15 is 0 Å². The molecule has 0 N–H and O–H groups in total. The van der Waals surface area contributed by atoms with Crippen LogP contribution >= 0.6 is 0 Å². The number of likely N-dealkylation sites (tertiary alicyclic amines) is 1. The van der Waals surface area contributed by atoms with Crippen LogP contribution in [0.15, 0.2) is 30.3 Å². The molecule has 1 aliphatic heterocycles. The maximum Gasteiger partial charge on any atom is 0.306 e. The van der Waals surface area contributed by atoms with Crippen LogP contribution < -0.4 is 0 Å². The normalized spacial score (nSPS) is 26.9. The molecular weight excluding hydrogens is 250 g/mol. The molecule has 3 nitrogen and oxygen atoms in total. The van der Waals surface area contributed by atoms with Gasteiger partial charge in [-0.15, -0.1) is 0 Å². The molecule has 110 valence electrons. The average molecular weight is 275 g/mol. The molecule has 0 unspecified atom stereocenters. The third-order valence-corrected chi connectivity index (χ3v) is 4.42. The number of hydrogen-bond acceptors (Lipinski definition) is 3. The molecule has 0 aromatic heterocycles. The molecule has 1 aromatic carbocycles. The second-order valence-corrected chi connectivity index (χ2v) is 5.84. The summed E-state index contributed by atoms with van der Waals surface area (Å²) in [6, 6.07) is 10.8. The van der Waals surface area contributed by atoms with Gasteiger partial charge in [-0.1, -0.05) is 37.3 Å². The minimum Gasteiger partial charge on any atom is -0.452 e. The first-order chi connectivity index (χ1) is 9.51. The van der Waals surface area contributed by atoms with Gasteiger partial charge in [0, 0.05) is 25.4 Å². The summed E-state index contributed by atoms with van der Waals surface area (Å²) in [4.78, 5) is 14.3. The number of rotatable bonds is 4. The van der Waals surface area contributed by atoms with E-state index in [2.05, 4.69) is 37.8 Å². The molecule has 0 aliphatic carbocycles. The summed E-state index contributed by atoms with van der Waals surface area (Å²) in [6.07, 6.45) is 1.28. The van der Waals surface area contributed by atoms with Crippen molar-refractivity contribution in [2.45, 2.75) is 58.2 Å². The molecular formula is C17H25NO2. The van der Waals surface area contributed by atoms with Crippen molar-refractivity contribution in [2.75, 3.05) is 6.54 Å². The Balaban J connectivity index is 2.38. The maximum absolute atomic E-state index is 11.9. The van der Waals surface area contributed by atoms with E-state index in [1.807, 2.05) is 25.1 Å². The van der Waals surface area contributed by atoms with Crippen LogP contribution in [0.4, 0.5) is 0 Å². The van der Waals surface area contributed by atoms with Gasteiger partial charge in [-0.2, -0.15) is 0 Å². The zero-order chi connectivity index (χ0) is 14.8. The van der Waals surface area contributed by atoms with Gasteiger partial charge in [-0.3, -0.25) is 9.69 Å². The van der Waals surface area contributed by atoms with Gasteiger partial charge >= 0.3 is 5.97 Å². The molecule has 2 rings (SSSR count). The minimum atomic E-state index is -0.501. The van der Waals surface area contributed by atoms with Gasteiger partial charge in [0.05, 0.1) is 6.04 Å². The largest absolute Gasteiger partial charge is 0.452 e. The monoisotopic (exact) mass is 275 g/mol. The van der Waals surface area contributed by atoms with Crippen LogP contribution in [0.1, 0.15) is 46.1 Å². The Labute approximate surface area is 121 Å². The highest BCUT2D eigenvalue weighted by Crippen LogP contribution is 2.42. The van der Waals surface area contributed by atoms with Gasteiger partial charge in [0.1, 0.15) is 0 Å². The van der Waals surface area contributed by atoms with E-state index in [0.29, 0.717) is 12.5 Å². The number of ether oxygens (including phenoxy) is 1. The summed E-state index contributed by atoms with van der Waals surface area (Å²) in [7, 11) is 0. The average Bonchev–Trinajstić information content (AvgIpc) is 2.78. The van der Waals surface area contributed by atoms with E-state index in [1.54, 1.807) is 0 Å². The molecule has 1 heterocycles. The number of hydrogen-bond donors (Lipinski definition) is 0. The van der Waals surface area contributed by atoms with Crippen molar-refractivity contribution in [1.82, 2.24) is 4.90 Å². The number of carbonyl (C=O) groups is 1. The third-order valence-electron chi connectivity index (χ3n) is 4.42. The highest BCUT2D eigenvalue weighted by Gasteiger charge is 2.49. The molecule has 0 amide bonds. The molecule has 20 heavy (non-hydrogen) atoms. The van der Waals surface area contributed by atoms with Crippen LogP contribution in [-0.2, 0) is 15.1 Å². The first kappa shape index (κ1) is 15.0. The topological polar surface area (TPSA) is 29.5 Å². The summed E-state index contributed by atoms with van der Waals surface area (Å²) in [5.41, 5.74) is 0.607. The van der Waals surface area contributed by atoms with Crippen molar-refractivity contribution >= 4 is 5.97 Å². The van der Waals surface area contributed by atoms with Crippen LogP contribution in [0, 0.1) is 0 Å². The Hall–Kier alpha value is -1.35. The second kappa shape index (κ2) is 5.96. The van der Waals surface area contributed by atoms with Gasteiger partial charge in [-0.05, 0) is 26.3 Å². The first-order valence-electron chi connectivity index (χ1n) is 7.54. The lowest BCUT2D eigenvalue weighted by Gasteiger charge is -2.37. The van der Waals surface area contributed by atoms with E-state index in [-0.39, 0.29) is 12.0 Å². The van der Waals surface area contributed by atoms with Crippen molar-refractivity contribution in [1.29, 1.82) is 0 Å². The summed E-state index contributed by atoms with van der Waals surface area (Å²) in [5.74, 6) is -0.119. The second-order valence-electron chi connectivity index (χ2n) is 5.84. The van der Waals surface area contributed by atoms with Crippen LogP contribution in [0.3, 0.4) is 0 Å². The first-order valence-corrected chi connectivity index (χ1v) is 7.54. The maximum atomic E-state index is 11.9. The van der Waals surface area contributed by atoms with E-state index in [4.69, 9.17) is 4.74 Å². The van der Waals surface area contributed by atoms with E-state index < -0.39 is 5.60 Å². The third kappa shape index (κ3) is 2.59. The lowest BCUT2D eigenvalue weighted by molar-refractivity contribution is -0.163. The Morgan fingerprint density at radius 3 is 2.55 bits per heavy atom. The van der Waals surface area contributed by atoms with E-state index in [1.165, 1.54) is 0 Å². The Morgan fingerprint density at radius 2 is 2.05 bits per heavy atom. The standard InChI is InChI=1S/C17H25NO2/c1-5-16(19)20-17(15-9-7-6-8-10-15)11-12-18(13(2)3)14(17)4/h6-10,13-14H,5,11-12H2,1-4H3/t14-,17+/m1/s1. The molecule has 0 spiro atoms. The zero-order valence-corrected chi connectivity index (χ0v) is 12.9. The van der Waals surface area contributed by atoms with Crippen LogP contribution in [0.5, 0.6) is 0 Å². The summed E-state index contributed by atoms with van der Waals surface area (Å²) >= 11 is 0. The summed E-state index contributed by atoms with van der Waals surface area (Å²) < 4.78 is 5.95. The Bertz CT molecular complexity index is 457. The number of benzene rings is 1. The SMILES string of the molecule is CCC(=O)O[C@@]1(c2ccccc2)CCN(C(C)C)[C@@H]1C. The Kier molecular flexibility index (Phi) is 4.48. The molecule has 0 saturated carbocycles. The zero-order valence-electron chi connectivity index (χ0n) is 12.9. The smallest absolute Gasteiger partial charge is 0.306 e. The summed E-state index contributed by atoms with van der Waals surface area (Å²) in [6.45, 7) is 9.37. The highest BCUT2D eigenvalue weighted by molar-refractivity contribution is 5.70. The molecule has 0 radical (unpaired) electrons. The van der Waals surface area contributed by atoms with Crippen LogP contribution in [0.25, 0.3) is 0 Å². The lowest BCUT2D eigenvalue weighted by Crippen LogP contribution is -2.45. The van der Waals surface area contributed by atoms with Gasteiger partial charge < -0.3 is 4.74 Å². The van der Waals surface area contributed by atoms with Gasteiger partial charge in [0.25, 0.3) is 0 Å². The fourth-order valence-electron chi connectivity index (χ4n) is 3.25. The van der Waals surface area contributed by atoms with Crippen molar-refractivity contribution in [3.63, 3.8) is 0 Å². The predicted octanol–water partition coefficient (Wildman–Crippen LogP) is 3.34. The molecule has 1 aliphatic rings. The minimum absolute atomic E-state index is 0.119. The quantitative estimate of drug-likeness (QED) is 0.789. The van der Waals surface area contributed by atoms with E-state index in [0.717, 1.165) is 18.5 Å². The van der Waals surface area contributed by atoms with Crippen molar-refractivity contribution < 1.29 is 9.53 Å². The molecule has 3 heteroatoms. The van der Waals surface area contributed by atoms with Crippen molar-refractivity contribution in [2.24, 2.45) is 0 Å². The van der Waals surface area contributed by atoms with Gasteiger partial charge in [0.15, 0.2) is 5.60 Å². The van der Waals surface area contributed by atoms with Crippen molar-refractivity contribution in [3.05, 3.63) is 35.9 Å². The highest BCUT2D eigenvalue weighted by atomic mass is 16.6. The Morgan fingerprint density at radius 1 is 1.40 bits per heavy atom. The fraction of sp³-hybridized carbons (Fsp3) is 0.588. The number of esters is 1. The van der Waals surface area contributed by atoms with Crippen LogP contribution in [-0.4, -0.2) is 29.5 Å². The van der Waals surface area contributed by atoms with Gasteiger partial charge in [0.2, 0.25) is 0 Å². The fourth-order valence-corrected chi connectivity index (χ4v) is 3.25. The lowest BCUT2D eigenvalue weighted by atomic mass is 9.86. The molecule has 1 fully saturated rings. The predicted molar refractivity (Wildman–Crippen MR) is 80.4 cm³/mol. The molecule has 2 atom stereocenters. The van der Waals surface area contributed by atoms with E-state index in [9.17, 15) is 4.79 Å². The number of carbonyl (C=O) groups excluding carboxylic acids is 1. The molecule has 1 saturated heterocycles. The number of nitrogens with zero attached hydrogens (tertiary/aromatic N) is 1. The summed E-state index contributed by atoms with van der Waals surface area (Å²) in [5, 5.41) is 0. The van der Waals surface area contributed by atoms with Gasteiger partial charge in [-0.25, -0.2) is 0 Å². The molecule has 0 bridgehead atoms. The molecule has 1 aromatic rings. The van der Waals surface area contributed by atoms with Crippen LogP contribution in [0.2, 0.25) is 0 Å².